The van der Waals surface area contributed by atoms with Crippen LogP contribution in [-0.4, -0.2) is 107 Å². The van der Waals surface area contributed by atoms with Crippen LogP contribution in [0, 0.1) is 0 Å². The molecule has 34 heavy (non-hydrogen) atoms. The molecule has 0 aliphatic carbocycles. The van der Waals surface area contributed by atoms with Crippen LogP contribution in [0.5, 0.6) is 0 Å². The predicted octanol–water partition coefficient (Wildman–Crippen LogP) is 1.19. The highest BCUT2D eigenvalue weighted by Crippen LogP contribution is 2.29. The van der Waals surface area contributed by atoms with Gasteiger partial charge in [-0.2, -0.15) is 0 Å². The predicted molar refractivity (Wildman–Crippen MR) is 135 cm³/mol. The Morgan fingerprint density at radius 2 is 0.794 bits per heavy atom. The summed E-state index contributed by atoms with van der Waals surface area (Å²) in [6.07, 6.45) is 0. The first kappa shape index (κ1) is 34.3. The van der Waals surface area contributed by atoms with E-state index in [1.165, 1.54) is 49.8 Å². The molecule has 0 amide bonds. The quantitative estimate of drug-likeness (QED) is 0.214. The third-order valence-electron chi connectivity index (χ3n) is 4.28. The number of rotatable bonds is 19. The van der Waals surface area contributed by atoms with E-state index in [1.54, 1.807) is 11.4 Å². The molecule has 0 aromatic heterocycles. The van der Waals surface area contributed by atoms with Crippen LogP contribution in [0.15, 0.2) is 24.6 Å². The van der Waals surface area contributed by atoms with Gasteiger partial charge in [-0.05, 0) is 26.2 Å². The molecule has 0 saturated heterocycles. The molecular formula is C15H40O13Si6. The summed E-state index contributed by atoms with van der Waals surface area (Å²) in [6, 6.07) is 0. The third-order valence-corrected chi connectivity index (χ3v) is 22.0. The second kappa shape index (κ2) is 13.7. The van der Waals surface area contributed by atoms with E-state index in [9.17, 15) is 4.80 Å². The van der Waals surface area contributed by atoms with Crippen LogP contribution in [0.25, 0.3) is 0 Å². The molecule has 0 rings (SSSR count). The topological polar surface area (TPSA) is 131 Å². The van der Waals surface area contributed by atoms with E-state index in [-0.39, 0.29) is 0 Å². The SMILES string of the molecule is C=C[Si](C)(C)O[Si](OC)(OC)O[Si](O)(OC)O[Si](OC)(O[Si](C)(C)C=C)O[Si](OC)(OC)OC. The minimum absolute atomic E-state index is 1.17. The van der Waals surface area contributed by atoms with Gasteiger partial charge in [0.1, 0.15) is 0 Å². The van der Waals surface area contributed by atoms with Gasteiger partial charge in [0.15, 0.2) is 0 Å². The molecule has 202 valence electrons. The molecule has 1 N–H and O–H groups in total. The van der Waals surface area contributed by atoms with Crippen molar-refractivity contribution in [2.45, 2.75) is 26.2 Å². The van der Waals surface area contributed by atoms with Crippen molar-refractivity contribution in [3.63, 3.8) is 0 Å². The first-order chi connectivity index (χ1) is 15.6. The minimum atomic E-state index is -4.72. The zero-order chi connectivity index (χ0) is 26.9. The van der Waals surface area contributed by atoms with Crippen molar-refractivity contribution in [1.82, 2.24) is 0 Å². The van der Waals surface area contributed by atoms with Crippen molar-refractivity contribution in [3.8, 4) is 0 Å². The largest absolute Gasteiger partial charge is 0.673 e. The third kappa shape index (κ3) is 9.62. The average Bonchev–Trinajstić information content (AvgIpc) is 2.81. The summed E-state index contributed by atoms with van der Waals surface area (Å²) in [7, 11) is -13.1. The Hall–Kier alpha value is 0.261. The maximum absolute atomic E-state index is 11.4. The highest BCUT2D eigenvalue weighted by Gasteiger charge is 2.68. The smallest absolute Gasteiger partial charge is 0.391 e. The summed E-state index contributed by atoms with van der Waals surface area (Å²) >= 11 is 0. The maximum atomic E-state index is 11.4. The minimum Gasteiger partial charge on any atom is -0.391 e. The fourth-order valence-corrected chi connectivity index (χ4v) is 19.1. The van der Waals surface area contributed by atoms with Crippen molar-refractivity contribution in [2.75, 3.05) is 49.8 Å². The Morgan fingerprint density at radius 3 is 1.09 bits per heavy atom. The standard InChI is InChI=1S/C15H40O13Si6/c1-14-29(10,11)24-33(21-7,22-8)26-31(16,17-3)27-34(23-9,25-30(12,13)15-2)28-32(18-4,19-5)20-6/h14-16H,1-2H2,3-13H3. The Kier molecular flexibility index (Phi) is 13.8. The molecule has 0 fully saturated rings. The molecule has 0 bridgehead atoms. The molecule has 0 heterocycles. The number of hydrogen-bond donors (Lipinski definition) is 1. The van der Waals surface area contributed by atoms with Gasteiger partial charge in [0.05, 0.1) is 0 Å². The summed E-state index contributed by atoms with van der Waals surface area (Å²) in [4.78, 5) is 11.4. The molecule has 19 heteroatoms. The van der Waals surface area contributed by atoms with Crippen molar-refractivity contribution in [3.05, 3.63) is 24.6 Å². The van der Waals surface area contributed by atoms with Gasteiger partial charge >= 0.3 is 36.2 Å². The molecule has 0 aromatic carbocycles. The van der Waals surface area contributed by atoms with Gasteiger partial charge in [0.2, 0.25) is 16.6 Å². The van der Waals surface area contributed by atoms with Crippen molar-refractivity contribution >= 4 is 52.8 Å². The first-order valence-corrected chi connectivity index (χ1v) is 22.5. The van der Waals surface area contributed by atoms with Crippen LogP contribution >= 0.6 is 0 Å². The van der Waals surface area contributed by atoms with Gasteiger partial charge < -0.3 is 56.4 Å². The molecular weight excluding hydrogens is 557 g/mol. The van der Waals surface area contributed by atoms with E-state index < -0.39 is 52.8 Å². The fraction of sp³-hybridized carbons (Fsp3) is 0.733. The van der Waals surface area contributed by atoms with Gasteiger partial charge in [-0.3, -0.25) is 0 Å². The van der Waals surface area contributed by atoms with E-state index in [4.69, 9.17) is 51.6 Å². The van der Waals surface area contributed by atoms with Crippen LogP contribution in [-0.2, 0) is 51.6 Å². The molecule has 0 saturated carbocycles. The summed E-state index contributed by atoms with van der Waals surface area (Å²) in [5.41, 5.74) is 3.27. The molecule has 0 aliphatic rings. The Bertz CT molecular complexity index is 640. The van der Waals surface area contributed by atoms with Crippen LogP contribution in [0.4, 0.5) is 0 Å². The van der Waals surface area contributed by atoms with Crippen molar-refractivity contribution in [2.24, 2.45) is 0 Å². The van der Waals surface area contributed by atoms with Crippen LogP contribution < -0.4 is 0 Å². The lowest BCUT2D eigenvalue weighted by molar-refractivity contribution is -0.0378. The normalized spacial score (nSPS) is 17.2. The van der Waals surface area contributed by atoms with E-state index in [0.717, 1.165) is 0 Å². The Morgan fingerprint density at radius 1 is 0.471 bits per heavy atom. The summed E-state index contributed by atoms with van der Waals surface area (Å²) in [5, 5.41) is 0. The molecule has 2 atom stereocenters. The molecule has 0 radical (unpaired) electrons. The summed E-state index contributed by atoms with van der Waals surface area (Å²) in [5.74, 6) is 0. The molecule has 13 nitrogen and oxygen atoms in total. The molecule has 0 spiro atoms. The van der Waals surface area contributed by atoms with E-state index >= 15 is 0 Å². The Labute approximate surface area is 209 Å². The highest BCUT2D eigenvalue weighted by atomic mass is 28.6. The van der Waals surface area contributed by atoms with Crippen molar-refractivity contribution < 1.29 is 56.4 Å². The number of hydrogen-bond acceptors (Lipinski definition) is 13. The van der Waals surface area contributed by atoms with Crippen molar-refractivity contribution in [1.29, 1.82) is 0 Å². The lowest BCUT2D eigenvalue weighted by Gasteiger charge is -2.40. The average molecular weight is 597 g/mol. The highest BCUT2D eigenvalue weighted by molar-refractivity contribution is 6.87. The van der Waals surface area contributed by atoms with E-state index in [0.29, 0.717) is 0 Å². The van der Waals surface area contributed by atoms with Crippen LogP contribution in [0.2, 0.25) is 26.2 Å². The zero-order valence-electron chi connectivity index (χ0n) is 21.9. The van der Waals surface area contributed by atoms with Gasteiger partial charge in [0, 0.05) is 49.8 Å². The molecule has 2 unspecified atom stereocenters. The van der Waals surface area contributed by atoms with Gasteiger partial charge in [0.25, 0.3) is 0 Å². The van der Waals surface area contributed by atoms with Gasteiger partial charge in [-0.1, -0.05) is 11.4 Å². The van der Waals surface area contributed by atoms with E-state index in [1.807, 2.05) is 26.2 Å². The van der Waals surface area contributed by atoms with Crippen LogP contribution in [0.3, 0.4) is 0 Å². The molecule has 0 aromatic rings. The lowest BCUT2D eigenvalue weighted by atomic mass is 11.3. The second-order valence-electron chi connectivity index (χ2n) is 7.58. The monoisotopic (exact) mass is 596 g/mol. The van der Waals surface area contributed by atoms with Gasteiger partial charge in [-0.25, -0.2) is 0 Å². The maximum Gasteiger partial charge on any atom is 0.673 e. The Balaban J connectivity index is 6.52. The van der Waals surface area contributed by atoms with Gasteiger partial charge in [-0.15, -0.1) is 13.2 Å². The second-order valence-corrected chi connectivity index (χ2v) is 25.8. The zero-order valence-corrected chi connectivity index (χ0v) is 27.9. The lowest BCUT2D eigenvalue weighted by Crippen LogP contribution is -2.70. The summed E-state index contributed by atoms with van der Waals surface area (Å²) < 4.78 is 67.8. The van der Waals surface area contributed by atoms with E-state index in [2.05, 4.69) is 13.2 Å². The first-order valence-electron chi connectivity index (χ1n) is 9.95. The fourth-order valence-electron chi connectivity index (χ4n) is 2.13. The molecule has 0 aliphatic heterocycles. The summed E-state index contributed by atoms with van der Waals surface area (Å²) in [6.45, 7) is 14.9. The van der Waals surface area contributed by atoms with Crippen LogP contribution in [0.1, 0.15) is 0 Å².